The minimum Gasteiger partial charge on any atom is -0.508 e. The zero-order chi connectivity index (χ0) is 62.1. The molecule has 0 aliphatic heterocycles. The summed E-state index contributed by atoms with van der Waals surface area (Å²) in [6, 6.07) is 27.7. The largest absolute Gasteiger partial charge is 0.508 e. The normalized spacial score (nSPS) is 12.7. The van der Waals surface area contributed by atoms with Crippen LogP contribution in [0, 0.1) is 48.8 Å². The van der Waals surface area contributed by atoms with E-state index < -0.39 is 59.8 Å². The van der Waals surface area contributed by atoms with Crippen molar-refractivity contribution in [3.63, 3.8) is 0 Å². The maximum absolute atomic E-state index is 14.3. The molecule has 2 amide bonds. The molecule has 2 aromatic heterocycles. The van der Waals surface area contributed by atoms with E-state index in [0.29, 0.717) is 40.1 Å². The van der Waals surface area contributed by atoms with Crippen LogP contribution in [0.4, 0.5) is 26.3 Å². The van der Waals surface area contributed by atoms with E-state index in [1.807, 2.05) is 50.3 Å². The van der Waals surface area contributed by atoms with E-state index in [1.165, 1.54) is 36.4 Å². The number of carbonyl (C=O) groups excluding carboxylic acids is 4. The number of nitrogens with zero attached hydrogens (tertiary/aromatic N) is 2. The second kappa shape index (κ2) is 27.8. The molecule has 20 heteroatoms. The molecule has 86 heavy (non-hydrogen) atoms. The number of pyridine rings is 2. The number of primary amides is 2. The van der Waals surface area contributed by atoms with Crippen molar-refractivity contribution in [3.05, 3.63) is 252 Å². The number of nitrogens with two attached hydrogens (primary N) is 2. The van der Waals surface area contributed by atoms with E-state index in [2.05, 4.69) is 25.9 Å². The Morgan fingerprint density at radius 3 is 1.45 bits per heavy atom. The van der Waals surface area contributed by atoms with Crippen LogP contribution in [-0.2, 0) is 35.3 Å². The lowest BCUT2D eigenvalue weighted by Crippen LogP contribution is -2.31. The third-order valence-electron chi connectivity index (χ3n) is 14.5. The van der Waals surface area contributed by atoms with Crippen LogP contribution in [-0.4, -0.2) is 60.7 Å². The Morgan fingerprint density at radius 1 is 0.547 bits per heavy atom. The standard InChI is InChI=1S/C33H27F3N2O3.C26H22BrF2NO2.C7H7BFNO3/c1-18-8-29(22-5-7-31(36)30(14-22)33(37)41)32(38-17-18)23(9-19-10-24(34)15-25(35)11-19)13-27(40)12-21-3-2-20-4-6-26(39)16-28(20)21;1-15-6-25(27)26(30-14-15)19(7-16-8-20(28)12-21(29)9-16)11-23(32)10-18-3-2-17-4-5-22(31)13-24(17)18;9-6-2-1-4(8(12)13)3-5(6)7(10)11/h3-8,10-11,14-17,23,39H,2,9,12-13H2,1H3,(H2,37,41);3-6,8-9,12-14,19,31H,2,7,10-11H2,1H3;1-3,12-13H,(H2,10,11)/t23-;19-;/m11./s1. The summed E-state index contributed by atoms with van der Waals surface area (Å²) in [4.78, 5) is 58.2. The summed E-state index contributed by atoms with van der Waals surface area (Å²) >= 11 is 3.54. The van der Waals surface area contributed by atoms with Crippen molar-refractivity contribution in [1.29, 1.82) is 0 Å². The van der Waals surface area contributed by atoms with Crippen molar-refractivity contribution >= 4 is 63.0 Å². The van der Waals surface area contributed by atoms with Gasteiger partial charge in [0.25, 0.3) is 11.8 Å². The number of hydrogen-bond donors (Lipinski definition) is 6. The highest BCUT2D eigenvalue weighted by molar-refractivity contribution is 9.10. The topological polar surface area (TPSA) is 227 Å². The van der Waals surface area contributed by atoms with Crippen LogP contribution in [0.15, 0.2) is 150 Å². The average Bonchev–Trinajstić information content (AvgIpc) is 1.94. The first-order valence-electron chi connectivity index (χ1n) is 27.0. The van der Waals surface area contributed by atoms with Gasteiger partial charge in [-0.1, -0.05) is 36.4 Å². The van der Waals surface area contributed by atoms with Crippen LogP contribution < -0.4 is 16.9 Å². The lowest BCUT2D eigenvalue weighted by molar-refractivity contribution is -0.119. The monoisotopic (exact) mass is 1240 g/mol. The number of phenolic OH excluding ortho intramolecular Hbond substituents is 2. The summed E-state index contributed by atoms with van der Waals surface area (Å²) in [5.74, 6) is -6.97. The smallest absolute Gasteiger partial charge is 0.488 e. The molecule has 12 nitrogen and oxygen atoms in total. The summed E-state index contributed by atoms with van der Waals surface area (Å²) in [5.41, 5.74) is 19.9. The summed E-state index contributed by atoms with van der Waals surface area (Å²) in [5, 5.41) is 37.2. The van der Waals surface area contributed by atoms with Crippen LogP contribution in [0.1, 0.15) is 114 Å². The van der Waals surface area contributed by atoms with Gasteiger partial charge >= 0.3 is 7.12 Å². The maximum atomic E-state index is 14.3. The first kappa shape index (κ1) is 63.1. The second-order valence-electron chi connectivity index (χ2n) is 21.1. The number of benzene rings is 6. The number of amides is 2. The van der Waals surface area contributed by atoms with Gasteiger partial charge in [0, 0.05) is 72.1 Å². The first-order chi connectivity index (χ1) is 40.9. The fraction of sp³-hybridized carbons (Fsp3) is 0.182. The molecule has 8 N–H and O–H groups in total. The molecule has 2 aliphatic rings. The number of hydrogen-bond acceptors (Lipinski definition) is 10. The molecule has 0 bridgehead atoms. The molecule has 0 fully saturated rings. The van der Waals surface area contributed by atoms with Crippen molar-refractivity contribution in [2.75, 3.05) is 0 Å². The molecule has 0 saturated carbocycles. The van der Waals surface area contributed by atoms with Crippen molar-refractivity contribution in [2.45, 2.75) is 77.0 Å². The zero-order valence-corrected chi connectivity index (χ0v) is 47.9. The molecular weight excluding hydrogens is 1180 g/mol. The molecule has 2 heterocycles. The summed E-state index contributed by atoms with van der Waals surface area (Å²) in [6.07, 6.45) is 9.60. The Morgan fingerprint density at radius 2 is 0.988 bits per heavy atom. The lowest BCUT2D eigenvalue weighted by atomic mass is 9.79. The van der Waals surface area contributed by atoms with Crippen LogP contribution >= 0.6 is 15.9 Å². The number of aromatic hydroxyl groups is 2. The van der Waals surface area contributed by atoms with Crippen molar-refractivity contribution in [3.8, 4) is 22.6 Å². The van der Waals surface area contributed by atoms with Gasteiger partial charge in [-0.25, -0.2) is 26.3 Å². The molecule has 8 aromatic rings. The molecule has 0 spiro atoms. The summed E-state index contributed by atoms with van der Waals surface area (Å²) < 4.78 is 83.6. The van der Waals surface area contributed by atoms with Gasteiger partial charge in [0.15, 0.2) is 0 Å². The number of rotatable bonds is 18. The second-order valence-corrected chi connectivity index (χ2v) is 22.0. The Labute approximate surface area is 499 Å². The molecular formula is C66H56BBrF6N4O8. The van der Waals surface area contributed by atoms with E-state index in [0.717, 1.165) is 91.8 Å². The van der Waals surface area contributed by atoms with Gasteiger partial charge in [0.1, 0.15) is 58.0 Å². The molecule has 440 valence electrons. The number of aryl methyl sites for hydroxylation is 2. The molecule has 6 aromatic carbocycles. The first-order valence-corrected chi connectivity index (χ1v) is 27.8. The van der Waals surface area contributed by atoms with Gasteiger partial charge in [-0.15, -0.1) is 0 Å². The third-order valence-corrected chi connectivity index (χ3v) is 15.1. The molecule has 0 saturated heterocycles. The predicted molar refractivity (Wildman–Crippen MR) is 318 cm³/mol. The Bertz CT molecular complexity index is 3970. The van der Waals surface area contributed by atoms with E-state index in [4.69, 9.17) is 21.5 Å². The van der Waals surface area contributed by atoms with Crippen molar-refractivity contribution < 1.29 is 65.8 Å². The summed E-state index contributed by atoms with van der Waals surface area (Å²) in [6.45, 7) is 3.74. The number of allylic oxidation sites excluding steroid dienone is 4. The number of ketones is 2. The quantitative estimate of drug-likeness (QED) is 0.0352. The van der Waals surface area contributed by atoms with Crippen LogP contribution in [0.2, 0.25) is 0 Å². The highest BCUT2D eigenvalue weighted by atomic mass is 79.9. The van der Waals surface area contributed by atoms with E-state index in [1.54, 1.807) is 36.7 Å². The van der Waals surface area contributed by atoms with E-state index >= 15 is 0 Å². The van der Waals surface area contributed by atoms with Gasteiger partial charge in [0.05, 0.1) is 22.5 Å². The molecule has 0 unspecified atom stereocenters. The highest BCUT2D eigenvalue weighted by Gasteiger charge is 2.28. The fourth-order valence-corrected chi connectivity index (χ4v) is 11.3. The number of fused-ring (bicyclic) bond motifs is 2. The molecule has 10 rings (SSSR count). The Balaban J connectivity index is 0.000000189. The van der Waals surface area contributed by atoms with E-state index in [-0.39, 0.29) is 84.1 Å². The number of phenols is 2. The Hall–Kier alpha value is -8.98. The van der Waals surface area contributed by atoms with Gasteiger partial charge in [-0.3, -0.25) is 29.1 Å². The summed E-state index contributed by atoms with van der Waals surface area (Å²) in [7, 11) is -1.74. The van der Waals surface area contributed by atoms with Gasteiger partial charge < -0.3 is 31.7 Å². The van der Waals surface area contributed by atoms with Crippen molar-refractivity contribution in [1.82, 2.24) is 9.97 Å². The fourth-order valence-electron chi connectivity index (χ4n) is 10.5. The van der Waals surface area contributed by atoms with E-state index in [9.17, 15) is 55.7 Å². The minimum atomic E-state index is -1.74. The molecule has 0 radical (unpaired) electrons. The average molecular weight is 1240 g/mol. The number of halogens is 7. The number of Topliss-reactive ketones (excluding diaryl/α,β-unsaturated/α-hetero) is 2. The number of aromatic nitrogens is 2. The molecule has 2 atom stereocenters. The van der Waals surface area contributed by atoms with Gasteiger partial charge in [0.2, 0.25) is 0 Å². The predicted octanol–water partition coefficient (Wildman–Crippen LogP) is 11.7. The highest BCUT2D eigenvalue weighted by Crippen LogP contribution is 2.39. The Kier molecular flexibility index (Phi) is 20.4. The lowest BCUT2D eigenvalue weighted by Gasteiger charge is -2.21. The van der Waals surface area contributed by atoms with Crippen LogP contribution in [0.3, 0.4) is 0 Å². The van der Waals surface area contributed by atoms with Gasteiger partial charge in [-0.05, 0) is 207 Å². The third kappa shape index (κ3) is 16.3. The van der Waals surface area contributed by atoms with Crippen LogP contribution in [0.5, 0.6) is 11.5 Å². The maximum Gasteiger partial charge on any atom is 0.488 e. The zero-order valence-electron chi connectivity index (χ0n) is 46.4. The van der Waals surface area contributed by atoms with Gasteiger partial charge in [-0.2, -0.15) is 0 Å². The van der Waals surface area contributed by atoms with Crippen molar-refractivity contribution in [2.24, 2.45) is 11.5 Å². The minimum absolute atomic E-state index is 0.00333. The number of carbonyl (C=O) groups is 4. The molecule has 2 aliphatic carbocycles. The van der Waals surface area contributed by atoms with Crippen LogP contribution in [0.25, 0.3) is 22.3 Å². The SMILES string of the molecule is Cc1cnc([C@@H](CC(=O)CC2=CCc3ccc(O)cc32)Cc2cc(F)cc(F)c2)c(-c2ccc(F)c(C(N)=O)c2)c1.Cc1cnc([C@@H](CC(=O)CC2=CCc3ccc(O)cc32)Cc2cc(F)cc(F)c2)c(Br)c1.NC(=O)c1cc(B(O)O)ccc1F.